The molecule has 31 heavy (non-hydrogen) atoms. The number of nitrogens with zero attached hydrogens (tertiary/aromatic N) is 2. The topological polar surface area (TPSA) is 59.5 Å². The summed E-state index contributed by atoms with van der Waals surface area (Å²) in [5.41, 5.74) is 3.70. The van der Waals surface area contributed by atoms with Gasteiger partial charge in [-0.25, -0.2) is 4.79 Å². The summed E-state index contributed by atoms with van der Waals surface area (Å²) in [5, 5.41) is 0. The lowest BCUT2D eigenvalue weighted by Gasteiger charge is -2.29. The van der Waals surface area contributed by atoms with E-state index in [1.165, 1.54) is 18.1 Å². The lowest BCUT2D eigenvalue weighted by Crippen LogP contribution is -2.46. The number of rotatable bonds is 8. The highest BCUT2D eigenvalue weighted by Gasteiger charge is 2.30. The van der Waals surface area contributed by atoms with Gasteiger partial charge in [0.15, 0.2) is 0 Å². The van der Waals surface area contributed by atoms with Crippen molar-refractivity contribution in [3.8, 4) is 0 Å². The molecule has 0 saturated heterocycles. The number of aromatic nitrogens is 1. The third kappa shape index (κ3) is 6.37. The van der Waals surface area contributed by atoms with Crippen LogP contribution in [-0.4, -0.2) is 34.9 Å². The zero-order valence-corrected chi connectivity index (χ0v) is 17.8. The van der Waals surface area contributed by atoms with E-state index >= 15 is 0 Å². The van der Waals surface area contributed by atoms with Crippen LogP contribution in [0, 0.1) is 6.92 Å². The van der Waals surface area contributed by atoms with Crippen molar-refractivity contribution < 1.29 is 14.3 Å². The van der Waals surface area contributed by atoms with Gasteiger partial charge in [0.1, 0.15) is 6.04 Å². The van der Waals surface area contributed by atoms with E-state index in [1.807, 2.05) is 79.7 Å². The van der Waals surface area contributed by atoms with Crippen LogP contribution >= 0.6 is 0 Å². The SMILES string of the molecule is COC(=O)[C@H](Cc1ccccc1)N(Cc1ccccn1)C(=O)/C=C/c1ccc(C)cc1. The largest absolute Gasteiger partial charge is 0.467 e. The number of benzene rings is 2. The summed E-state index contributed by atoms with van der Waals surface area (Å²) in [6.45, 7) is 2.21. The van der Waals surface area contributed by atoms with E-state index in [1.54, 1.807) is 12.3 Å². The number of hydrogen-bond donors (Lipinski definition) is 0. The second-order valence-corrected chi connectivity index (χ2v) is 7.26. The number of aryl methyl sites for hydroxylation is 1. The molecule has 0 bridgehead atoms. The average molecular weight is 415 g/mol. The summed E-state index contributed by atoms with van der Waals surface area (Å²) >= 11 is 0. The van der Waals surface area contributed by atoms with E-state index in [4.69, 9.17) is 4.74 Å². The highest BCUT2D eigenvalue weighted by molar-refractivity contribution is 5.94. The van der Waals surface area contributed by atoms with Crippen LogP contribution in [-0.2, 0) is 27.3 Å². The Labute approximate surface area is 183 Å². The van der Waals surface area contributed by atoms with E-state index in [0.29, 0.717) is 12.1 Å². The van der Waals surface area contributed by atoms with Crippen molar-refractivity contribution in [2.45, 2.75) is 25.9 Å². The number of carbonyl (C=O) groups is 2. The Morgan fingerprint density at radius 2 is 1.71 bits per heavy atom. The van der Waals surface area contributed by atoms with Gasteiger partial charge in [-0.2, -0.15) is 0 Å². The molecule has 0 aliphatic carbocycles. The molecule has 1 aromatic heterocycles. The normalized spacial score (nSPS) is 11.8. The van der Waals surface area contributed by atoms with E-state index in [-0.39, 0.29) is 12.5 Å². The fraction of sp³-hybridized carbons (Fsp3) is 0.192. The van der Waals surface area contributed by atoms with Gasteiger partial charge in [0.2, 0.25) is 5.91 Å². The van der Waals surface area contributed by atoms with Crippen molar-refractivity contribution >= 4 is 18.0 Å². The number of hydrogen-bond acceptors (Lipinski definition) is 4. The quantitative estimate of drug-likeness (QED) is 0.409. The highest BCUT2D eigenvalue weighted by Crippen LogP contribution is 2.16. The van der Waals surface area contributed by atoms with Gasteiger partial charge in [-0.3, -0.25) is 9.78 Å². The van der Waals surface area contributed by atoms with E-state index in [9.17, 15) is 9.59 Å². The maximum Gasteiger partial charge on any atom is 0.328 e. The first-order chi connectivity index (χ1) is 15.1. The molecule has 0 aliphatic rings. The maximum atomic E-state index is 13.2. The monoisotopic (exact) mass is 414 g/mol. The summed E-state index contributed by atoms with van der Waals surface area (Å²) in [6, 6.07) is 22.2. The Morgan fingerprint density at radius 3 is 2.35 bits per heavy atom. The molecule has 3 aromatic rings. The number of ether oxygens (including phenoxy) is 1. The second kappa shape index (κ2) is 10.9. The number of esters is 1. The second-order valence-electron chi connectivity index (χ2n) is 7.26. The van der Waals surface area contributed by atoms with Crippen molar-refractivity contribution in [3.05, 3.63) is 107 Å². The van der Waals surface area contributed by atoms with E-state index in [0.717, 1.165) is 16.7 Å². The minimum atomic E-state index is -0.774. The van der Waals surface area contributed by atoms with Gasteiger partial charge in [-0.15, -0.1) is 0 Å². The van der Waals surface area contributed by atoms with Gasteiger partial charge in [-0.05, 0) is 36.3 Å². The average Bonchev–Trinajstić information content (AvgIpc) is 2.81. The van der Waals surface area contributed by atoms with Crippen LogP contribution in [0.5, 0.6) is 0 Å². The molecule has 1 heterocycles. The molecule has 3 rings (SSSR count). The van der Waals surface area contributed by atoms with Crippen LogP contribution in [0.15, 0.2) is 85.1 Å². The molecule has 2 aromatic carbocycles. The molecular weight excluding hydrogens is 388 g/mol. The molecule has 5 heteroatoms. The van der Waals surface area contributed by atoms with Crippen molar-refractivity contribution in [1.82, 2.24) is 9.88 Å². The van der Waals surface area contributed by atoms with Crippen LogP contribution in [0.2, 0.25) is 0 Å². The lowest BCUT2D eigenvalue weighted by atomic mass is 10.0. The van der Waals surface area contributed by atoms with Gasteiger partial charge in [0.05, 0.1) is 19.3 Å². The predicted molar refractivity (Wildman–Crippen MR) is 121 cm³/mol. The van der Waals surface area contributed by atoms with Crippen LogP contribution in [0.3, 0.4) is 0 Å². The van der Waals surface area contributed by atoms with Crippen molar-refractivity contribution in [1.29, 1.82) is 0 Å². The standard InChI is InChI=1S/C26H26N2O3/c1-20-11-13-21(14-12-20)15-16-25(29)28(19-23-10-6-7-17-27-23)24(26(30)31-2)18-22-8-4-3-5-9-22/h3-17,24H,18-19H2,1-2H3/b16-15+/t24-/m0/s1. The van der Waals surface area contributed by atoms with Gasteiger partial charge in [-0.1, -0.05) is 66.2 Å². The van der Waals surface area contributed by atoms with Gasteiger partial charge in [0, 0.05) is 18.7 Å². The molecule has 158 valence electrons. The first kappa shape index (κ1) is 22.0. The Balaban J connectivity index is 1.91. The van der Waals surface area contributed by atoms with Gasteiger partial charge < -0.3 is 9.64 Å². The van der Waals surface area contributed by atoms with E-state index in [2.05, 4.69) is 4.98 Å². The fourth-order valence-electron chi connectivity index (χ4n) is 3.24. The number of carbonyl (C=O) groups excluding carboxylic acids is 2. The molecule has 1 atom stereocenters. The van der Waals surface area contributed by atoms with E-state index < -0.39 is 12.0 Å². The first-order valence-corrected chi connectivity index (χ1v) is 10.1. The molecule has 0 radical (unpaired) electrons. The van der Waals surface area contributed by atoms with Crippen molar-refractivity contribution in [2.24, 2.45) is 0 Å². The Kier molecular flexibility index (Phi) is 7.71. The third-order valence-corrected chi connectivity index (χ3v) is 4.96. The molecule has 0 N–H and O–H groups in total. The highest BCUT2D eigenvalue weighted by atomic mass is 16.5. The zero-order chi connectivity index (χ0) is 22.1. The van der Waals surface area contributed by atoms with Gasteiger partial charge >= 0.3 is 5.97 Å². The minimum Gasteiger partial charge on any atom is -0.467 e. The fourth-order valence-corrected chi connectivity index (χ4v) is 3.24. The van der Waals surface area contributed by atoms with Crippen molar-refractivity contribution in [2.75, 3.05) is 7.11 Å². The van der Waals surface area contributed by atoms with Crippen LogP contribution < -0.4 is 0 Å². The molecule has 5 nitrogen and oxygen atoms in total. The molecular formula is C26H26N2O3. The molecule has 0 aliphatic heterocycles. The molecule has 0 unspecified atom stereocenters. The smallest absolute Gasteiger partial charge is 0.328 e. The predicted octanol–water partition coefficient (Wildman–Crippen LogP) is 4.22. The summed E-state index contributed by atoms with van der Waals surface area (Å²) < 4.78 is 5.05. The Morgan fingerprint density at radius 1 is 1.00 bits per heavy atom. The first-order valence-electron chi connectivity index (χ1n) is 10.1. The zero-order valence-electron chi connectivity index (χ0n) is 17.8. The Hall–Kier alpha value is -3.73. The summed E-state index contributed by atoms with van der Waals surface area (Å²) in [4.78, 5) is 31.8. The van der Waals surface area contributed by atoms with Crippen LogP contribution in [0.4, 0.5) is 0 Å². The maximum absolute atomic E-state index is 13.2. The molecule has 1 amide bonds. The van der Waals surface area contributed by atoms with Crippen molar-refractivity contribution in [3.63, 3.8) is 0 Å². The lowest BCUT2D eigenvalue weighted by molar-refractivity contribution is -0.151. The summed E-state index contributed by atoms with van der Waals surface area (Å²) in [7, 11) is 1.34. The number of pyridine rings is 1. The summed E-state index contributed by atoms with van der Waals surface area (Å²) in [6.07, 6.45) is 5.27. The molecule has 0 fully saturated rings. The number of methoxy groups -OCH3 is 1. The third-order valence-electron chi connectivity index (χ3n) is 4.96. The molecule has 0 saturated carbocycles. The molecule has 0 spiro atoms. The summed E-state index contributed by atoms with van der Waals surface area (Å²) in [5.74, 6) is -0.741. The van der Waals surface area contributed by atoms with Gasteiger partial charge in [0.25, 0.3) is 0 Å². The minimum absolute atomic E-state index is 0.199. The van der Waals surface area contributed by atoms with Crippen LogP contribution in [0.25, 0.3) is 6.08 Å². The van der Waals surface area contributed by atoms with Crippen LogP contribution in [0.1, 0.15) is 22.4 Å². The Bertz CT molecular complexity index is 1020. The number of amides is 1.